The second-order valence-corrected chi connectivity index (χ2v) is 7.55. The van der Waals surface area contributed by atoms with Crippen LogP contribution in [0.3, 0.4) is 0 Å². The van der Waals surface area contributed by atoms with Crippen molar-refractivity contribution in [3.05, 3.63) is 47.9 Å². The van der Waals surface area contributed by atoms with Crippen molar-refractivity contribution in [2.24, 2.45) is 0 Å². The lowest BCUT2D eigenvalue weighted by molar-refractivity contribution is 0.0706. The summed E-state index contributed by atoms with van der Waals surface area (Å²) < 4.78 is 7.24. The van der Waals surface area contributed by atoms with Crippen LogP contribution in [0, 0.1) is 6.92 Å². The Labute approximate surface area is 163 Å². The summed E-state index contributed by atoms with van der Waals surface area (Å²) in [5, 5.41) is 8.27. The first-order valence-electron chi connectivity index (χ1n) is 9.60. The van der Waals surface area contributed by atoms with E-state index in [0.29, 0.717) is 17.9 Å². The Morgan fingerprint density at radius 2 is 2.18 bits per heavy atom. The van der Waals surface area contributed by atoms with Crippen molar-refractivity contribution in [2.75, 3.05) is 13.1 Å². The smallest absolute Gasteiger partial charge is 0.257 e. The molecule has 0 spiro atoms. The van der Waals surface area contributed by atoms with Gasteiger partial charge in [0.05, 0.1) is 28.7 Å². The van der Waals surface area contributed by atoms with Gasteiger partial charge in [-0.2, -0.15) is 5.10 Å². The third-order valence-electron chi connectivity index (χ3n) is 5.11. The topological polar surface area (TPSA) is 89.9 Å². The van der Waals surface area contributed by atoms with E-state index >= 15 is 0 Å². The number of aromatic nitrogens is 5. The van der Waals surface area contributed by atoms with Crippen LogP contribution in [-0.4, -0.2) is 48.8 Å². The first-order valence-corrected chi connectivity index (χ1v) is 9.60. The summed E-state index contributed by atoms with van der Waals surface area (Å²) in [6, 6.07) is 2.11. The lowest BCUT2D eigenvalue weighted by Gasteiger charge is -2.32. The molecule has 3 aromatic rings. The van der Waals surface area contributed by atoms with Crippen molar-refractivity contribution in [3.63, 3.8) is 0 Å². The van der Waals surface area contributed by atoms with Gasteiger partial charge in [0.1, 0.15) is 6.33 Å². The molecule has 0 aromatic carbocycles. The summed E-state index contributed by atoms with van der Waals surface area (Å²) in [5.41, 5.74) is 3.19. The maximum Gasteiger partial charge on any atom is 0.257 e. The van der Waals surface area contributed by atoms with Gasteiger partial charge in [-0.1, -0.05) is 5.16 Å². The van der Waals surface area contributed by atoms with Crippen molar-refractivity contribution >= 4 is 5.91 Å². The highest BCUT2D eigenvalue weighted by Gasteiger charge is 2.29. The van der Waals surface area contributed by atoms with Crippen LogP contribution in [0.15, 0.2) is 35.5 Å². The SMILES string of the molecule is Cc1cc(-c2cncnc2C2CCCN(C(=O)c3cnn(C(C)C)c3)C2)on1. The number of carbonyl (C=O) groups is 1. The molecule has 1 aliphatic rings. The van der Waals surface area contributed by atoms with E-state index in [0.717, 1.165) is 36.3 Å². The predicted octanol–water partition coefficient (Wildman–Crippen LogP) is 3.24. The lowest BCUT2D eigenvalue weighted by atomic mass is 9.91. The molecule has 0 bridgehead atoms. The number of rotatable bonds is 4. The number of nitrogens with zero attached hydrogens (tertiary/aromatic N) is 6. The molecule has 1 saturated heterocycles. The summed E-state index contributed by atoms with van der Waals surface area (Å²) in [5.74, 6) is 0.804. The zero-order valence-corrected chi connectivity index (χ0v) is 16.4. The van der Waals surface area contributed by atoms with Crippen LogP contribution < -0.4 is 0 Å². The van der Waals surface area contributed by atoms with E-state index in [1.807, 2.05) is 42.6 Å². The van der Waals surface area contributed by atoms with Gasteiger partial charge >= 0.3 is 0 Å². The number of piperidine rings is 1. The zero-order valence-electron chi connectivity index (χ0n) is 16.4. The highest BCUT2D eigenvalue weighted by Crippen LogP contribution is 2.33. The molecule has 0 radical (unpaired) electrons. The number of likely N-dealkylation sites (tertiary alicyclic amines) is 1. The average Bonchev–Trinajstić information content (AvgIpc) is 3.37. The Morgan fingerprint density at radius 3 is 2.89 bits per heavy atom. The van der Waals surface area contributed by atoms with Crippen molar-refractivity contribution in [1.82, 2.24) is 29.8 Å². The van der Waals surface area contributed by atoms with Crippen molar-refractivity contribution in [1.29, 1.82) is 0 Å². The van der Waals surface area contributed by atoms with Gasteiger partial charge in [-0.25, -0.2) is 9.97 Å². The summed E-state index contributed by atoms with van der Waals surface area (Å²) >= 11 is 0. The van der Waals surface area contributed by atoms with Gasteiger partial charge in [-0.3, -0.25) is 9.48 Å². The van der Waals surface area contributed by atoms with Crippen LogP contribution >= 0.6 is 0 Å². The number of hydrogen-bond donors (Lipinski definition) is 0. The molecule has 28 heavy (non-hydrogen) atoms. The van der Waals surface area contributed by atoms with Gasteiger partial charge in [0.25, 0.3) is 5.91 Å². The standard InChI is InChI=1S/C20H24N6O2/c1-13(2)26-11-16(8-23-26)20(27)25-6-4-5-15(10-25)19-17(9-21-12-22-19)18-7-14(3)24-28-18/h7-9,11-13,15H,4-6,10H2,1-3H3. The molecule has 8 heteroatoms. The minimum atomic E-state index is 0.0164. The fourth-order valence-corrected chi connectivity index (χ4v) is 3.64. The molecule has 4 rings (SSSR count). The second-order valence-electron chi connectivity index (χ2n) is 7.55. The van der Waals surface area contributed by atoms with Crippen LogP contribution in [0.5, 0.6) is 0 Å². The minimum absolute atomic E-state index is 0.0164. The van der Waals surface area contributed by atoms with Crippen LogP contribution in [0.25, 0.3) is 11.3 Å². The fraction of sp³-hybridized carbons (Fsp3) is 0.450. The minimum Gasteiger partial charge on any atom is -0.356 e. The van der Waals surface area contributed by atoms with E-state index in [1.165, 1.54) is 0 Å². The van der Waals surface area contributed by atoms with Gasteiger partial charge in [0.2, 0.25) is 0 Å². The molecule has 1 unspecified atom stereocenters. The summed E-state index contributed by atoms with van der Waals surface area (Å²) in [4.78, 5) is 23.6. The van der Waals surface area contributed by atoms with Crippen molar-refractivity contribution < 1.29 is 9.32 Å². The normalized spacial score (nSPS) is 17.3. The number of hydrogen-bond acceptors (Lipinski definition) is 6. The molecular formula is C20H24N6O2. The number of aryl methyl sites for hydroxylation is 1. The van der Waals surface area contributed by atoms with E-state index in [2.05, 4.69) is 20.2 Å². The fourth-order valence-electron chi connectivity index (χ4n) is 3.64. The molecule has 3 aromatic heterocycles. The predicted molar refractivity (Wildman–Crippen MR) is 103 cm³/mol. The lowest BCUT2D eigenvalue weighted by Crippen LogP contribution is -2.39. The Kier molecular flexibility index (Phi) is 4.93. The van der Waals surface area contributed by atoms with Crippen molar-refractivity contribution in [2.45, 2.75) is 45.6 Å². The average molecular weight is 380 g/mol. The first-order chi connectivity index (χ1) is 13.5. The zero-order chi connectivity index (χ0) is 19.7. The van der Waals surface area contributed by atoms with Crippen LogP contribution in [0.4, 0.5) is 0 Å². The van der Waals surface area contributed by atoms with Gasteiger partial charge < -0.3 is 9.42 Å². The van der Waals surface area contributed by atoms with Crippen LogP contribution in [0.1, 0.15) is 60.4 Å². The van der Waals surface area contributed by atoms with Crippen molar-refractivity contribution in [3.8, 4) is 11.3 Å². The Morgan fingerprint density at radius 1 is 1.32 bits per heavy atom. The molecular weight excluding hydrogens is 356 g/mol. The van der Waals surface area contributed by atoms with E-state index in [-0.39, 0.29) is 17.9 Å². The second kappa shape index (κ2) is 7.53. The molecule has 0 aliphatic carbocycles. The Hall–Kier alpha value is -3.03. The molecule has 0 N–H and O–H groups in total. The van der Waals surface area contributed by atoms with E-state index in [1.54, 1.807) is 18.7 Å². The largest absolute Gasteiger partial charge is 0.356 e. The number of carbonyl (C=O) groups excluding carboxylic acids is 1. The maximum atomic E-state index is 13.0. The molecule has 146 valence electrons. The Bertz CT molecular complexity index is 976. The van der Waals surface area contributed by atoms with Crippen LogP contribution in [-0.2, 0) is 0 Å². The van der Waals surface area contributed by atoms with E-state index in [4.69, 9.17) is 4.52 Å². The molecule has 4 heterocycles. The molecule has 8 nitrogen and oxygen atoms in total. The Balaban J connectivity index is 1.57. The molecule has 1 amide bonds. The monoisotopic (exact) mass is 380 g/mol. The first kappa shape index (κ1) is 18.3. The molecule has 1 aliphatic heterocycles. The van der Waals surface area contributed by atoms with Crippen LogP contribution in [0.2, 0.25) is 0 Å². The summed E-state index contributed by atoms with van der Waals surface area (Å²) in [7, 11) is 0. The van der Waals surface area contributed by atoms with Gasteiger partial charge in [0, 0.05) is 43.5 Å². The third-order valence-corrected chi connectivity index (χ3v) is 5.11. The quantitative estimate of drug-likeness (QED) is 0.690. The highest BCUT2D eigenvalue weighted by atomic mass is 16.5. The van der Waals surface area contributed by atoms with Gasteiger partial charge in [0.15, 0.2) is 5.76 Å². The molecule has 0 saturated carbocycles. The van der Waals surface area contributed by atoms with E-state index < -0.39 is 0 Å². The number of amides is 1. The van der Waals surface area contributed by atoms with Gasteiger partial charge in [-0.15, -0.1) is 0 Å². The maximum absolute atomic E-state index is 13.0. The summed E-state index contributed by atoms with van der Waals surface area (Å²) in [6.45, 7) is 7.32. The third kappa shape index (κ3) is 3.54. The molecule has 1 atom stereocenters. The highest BCUT2D eigenvalue weighted by molar-refractivity contribution is 5.93. The van der Waals surface area contributed by atoms with E-state index in [9.17, 15) is 4.79 Å². The molecule has 1 fully saturated rings. The summed E-state index contributed by atoms with van der Waals surface area (Å²) in [6.07, 6.45) is 8.67. The van der Waals surface area contributed by atoms with Gasteiger partial charge in [-0.05, 0) is 33.6 Å².